The van der Waals surface area contributed by atoms with Gasteiger partial charge in [0.25, 0.3) is 5.69 Å². The highest BCUT2D eigenvalue weighted by molar-refractivity contribution is 5.78. The zero-order chi connectivity index (χ0) is 15.8. The summed E-state index contributed by atoms with van der Waals surface area (Å²) in [4.78, 5) is 23.5. The third kappa shape index (κ3) is 5.13. The van der Waals surface area contributed by atoms with Crippen molar-refractivity contribution in [2.75, 3.05) is 26.2 Å². The monoisotopic (exact) mass is 295 g/mol. The van der Waals surface area contributed by atoms with Crippen LogP contribution in [0.3, 0.4) is 0 Å². The van der Waals surface area contributed by atoms with Crippen molar-refractivity contribution in [2.45, 2.75) is 20.0 Å². The van der Waals surface area contributed by atoms with Crippen molar-refractivity contribution in [3.8, 4) is 0 Å². The van der Waals surface area contributed by atoms with Gasteiger partial charge in [-0.1, -0.05) is 0 Å². The molecule has 0 radical (unpaired) electrons. The number of carbonyl (C=O) groups excluding carboxylic acids is 1. The van der Waals surface area contributed by atoms with E-state index in [0.717, 1.165) is 0 Å². The normalized spacial score (nSPS) is 12.0. The van der Waals surface area contributed by atoms with E-state index in [4.69, 9.17) is 0 Å². The Morgan fingerprint density at radius 3 is 2.38 bits per heavy atom. The minimum absolute atomic E-state index is 0.0177. The quantitative estimate of drug-likeness (QED) is 0.553. The number of nitro benzene ring substituents is 1. The fourth-order valence-corrected chi connectivity index (χ4v) is 1.94. The van der Waals surface area contributed by atoms with Gasteiger partial charge >= 0.3 is 0 Å². The summed E-state index contributed by atoms with van der Waals surface area (Å²) in [5.41, 5.74) is 0.555. The number of likely N-dealkylation sites (N-methyl/N-ethyl adjacent to an activating group) is 1. The molecule has 1 aromatic carbocycles. The van der Waals surface area contributed by atoms with Gasteiger partial charge in [-0.3, -0.25) is 14.9 Å². The molecular weight excluding hydrogens is 274 g/mol. The number of aliphatic hydroxyl groups is 1. The van der Waals surface area contributed by atoms with Gasteiger partial charge in [0.05, 0.1) is 17.6 Å². The number of hydrogen-bond donors (Lipinski definition) is 2. The van der Waals surface area contributed by atoms with Gasteiger partial charge in [-0.15, -0.1) is 0 Å². The molecule has 0 heterocycles. The lowest BCUT2D eigenvalue weighted by molar-refractivity contribution is -0.384. The molecule has 7 nitrogen and oxygen atoms in total. The van der Waals surface area contributed by atoms with Crippen LogP contribution in [0, 0.1) is 10.1 Å². The number of hydrogen-bond acceptors (Lipinski definition) is 5. The van der Waals surface area contributed by atoms with Crippen LogP contribution in [-0.4, -0.2) is 47.0 Å². The number of rotatable bonds is 8. The van der Waals surface area contributed by atoms with Gasteiger partial charge in [0.15, 0.2) is 0 Å². The van der Waals surface area contributed by atoms with E-state index in [2.05, 4.69) is 5.32 Å². The molecule has 7 heteroatoms. The van der Waals surface area contributed by atoms with Crippen molar-refractivity contribution in [1.29, 1.82) is 0 Å². The van der Waals surface area contributed by atoms with Gasteiger partial charge in [-0.2, -0.15) is 0 Å². The molecule has 1 amide bonds. The highest BCUT2D eigenvalue weighted by Crippen LogP contribution is 2.17. The summed E-state index contributed by atoms with van der Waals surface area (Å²) in [6.45, 7) is 5.50. The summed E-state index contributed by atoms with van der Waals surface area (Å²) in [7, 11) is 0. The minimum Gasteiger partial charge on any atom is -0.387 e. The van der Waals surface area contributed by atoms with Gasteiger partial charge in [0.1, 0.15) is 0 Å². The summed E-state index contributed by atoms with van der Waals surface area (Å²) in [5, 5.41) is 23.4. The molecule has 0 aliphatic rings. The van der Waals surface area contributed by atoms with Crippen LogP contribution < -0.4 is 5.32 Å². The smallest absolute Gasteiger partial charge is 0.269 e. The van der Waals surface area contributed by atoms with Crippen molar-refractivity contribution in [2.24, 2.45) is 0 Å². The Balaban J connectivity index is 2.45. The topological polar surface area (TPSA) is 95.7 Å². The Hall–Kier alpha value is -1.99. The summed E-state index contributed by atoms with van der Waals surface area (Å²) in [5.74, 6) is -0.0177. The summed E-state index contributed by atoms with van der Waals surface area (Å²) in [6, 6.07) is 5.71. The maximum atomic E-state index is 11.7. The van der Waals surface area contributed by atoms with Crippen molar-refractivity contribution >= 4 is 11.6 Å². The van der Waals surface area contributed by atoms with E-state index < -0.39 is 11.0 Å². The van der Waals surface area contributed by atoms with Gasteiger partial charge in [-0.25, -0.2) is 0 Å². The molecule has 0 fully saturated rings. The van der Waals surface area contributed by atoms with Crippen LogP contribution in [0.25, 0.3) is 0 Å². The molecule has 0 bridgehead atoms. The predicted octanol–water partition coefficient (Wildman–Crippen LogP) is 1.09. The van der Waals surface area contributed by atoms with Crippen molar-refractivity contribution in [3.63, 3.8) is 0 Å². The minimum atomic E-state index is -0.810. The van der Waals surface area contributed by atoms with Crippen LogP contribution in [0.4, 0.5) is 5.69 Å². The fourth-order valence-electron chi connectivity index (χ4n) is 1.94. The van der Waals surface area contributed by atoms with Gasteiger partial charge < -0.3 is 15.3 Å². The average molecular weight is 295 g/mol. The second-order valence-corrected chi connectivity index (χ2v) is 4.56. The van der Waals surface area contributed by atoms with Crippen molar-refractivity contribution < 1.29 is 14.8 Å². The van der Waals surface area contributed by atoms with E-state index in [0.29, 0.717) is 18.7 Å². The van der Waals surface area contributed by atoms with Gasteiger partial charge in [0, 0.05) is 31.8 Å². The first-order chi connectivity index (χ1) is 9.99. The lowest BCUT2D eigenvalue weighted by Gasteiger charge is -2.19. The molecule has 1 rings (SSSR count). The molecule has 1 unspecified atom stereocenters. The van der Waals surface area contributed by atoms with E-state index in [1.165, 1.54) is 24.3 Å². The Labute approximate surface area is 123 Å². The number of benzene rings is 1. The van der Waals surface area contributed by atoms with Gasteiger partial charge in [-0.05, 0) is 31.5 Å². The molecule has 2 N–H and O–H groups in total. The molecule has 1 atom stereocenters. The van der Waals surface area contributed by atoms with E-state index in [-0.39, 0.29) is 24.7 Å². The Kier molecular flexibility index (Phi) is 6.77. The van der Waals surface area contributed by atoms with Crippen molar-refractivity contribution in [3.05, 3.63) is 39.9 Å². The van der Waals surface area contributed by atoms with Crippen LogP contribution in [0.2, 0.25) is 0 Å². The second-order valence-electron chi connectivity index (χ2n) is 4.56. The molecule has 0 aliphatic heterocycles. The summed E-state index contributed by atoms with van der Waals surface area (Å²) >= 11 is 0. The molecule has 1 aromatic rings. The Morgan fingerprint density at radius 1 is 1.33 bits per heavy atom. The third-order valence-corrected chi connectivity index (χ3v) is 3.22. The molecule has 0 aliphatic carbocycles. The molecule has 21 heavy (non-hydrogen) atoms. The molecule has 0 saturated carbocycles. The largest absolute Gasteiger partial charge is 0.387 e. The lowest BCUT2D eigenvalue weighted by atomic mass is 10.1. The van der Waals surface area contributed by atoms with Crippen LogP contribution in [0.15, 0.2) is 24.3 Å². The molecule has 0 spiro atoms. The number of nitrogens with one attached hydrogen (secondary N) is 1. The van der Waals surface area contributed by atoms with Crippen LogP contribution in [-0.2, 0) is 4.79 Å². The lowest BCUT2D eigenvalue weighted by Crippen LogP contribution is -2.39. The highest BCUT2D eigenvalue weighted by Gasteiger charge is 2.12. The molecular formula is C14H21N3O4. The summed E-state index contributed by atoms with van der Waals surface area (Å²) < 4.78 is 0. The first kappa shape index (κ1) is 17.1. The number of non-ortho nitro benzene ring substituents is 1. The zero-order valence-corrected chi connectivity index (χ0v) is 12.3. The molecule has 0 saturated heterocycles. The number of nitrogens with zero attached hydrogens (tertiary/aromatic N) is 2. The molecule has 0 aromatic heterocycles. The maximum Gasteiger partial charge on any atom is 0.269 e. The number of amides is 1. The standard InChI is InChI=1S/C14H21N3O4/c1-3-16(4-2)14(19)10-15-9-13(18)11-5-7-12(8-6-11)17(20)21/h5-8,13,15,18H,3-4,9-10H2,1-2H3. The first-order valence-electron chi connectivity index (χ1n) is 6.90. The average Bonchev–Trinajstić information content (AvgIpc) is 2.48. The Morgan fingerprint density at radius 2 is 1.90 bits per heavy atom. The van der Waals surface area contributed by atoms with Crippen LogP contribution >= 0.6 is 0 Å². The second kappa shape index (κ2) is 8.33. The van der Waals surface area contributed by atoms with Crippen molar-refractivity contribution in [1.82, 2.24) is 10.2 Å². The number of aliphatic hydroxyl groups excluding tert-OH is 1. The number of carbonyl (C=O) groups is 1. The van der Waals surface area contributed by atoms with E-state index >= 15 is 0 Å². The fraction of sp³-hybridized carbons (Fsp3) is 0.500. The Bertz CT molecular complexity index is 472. The molecule has 116 valence electrons. The van der Waals surface area contributed by atoms with Crippen LogP contribution in [0.5, 0.6) is 0 Å². The van der Waals surface area contributed by atoms with Gasteiger partial charge in [0.2, 0.25) is 5.91 Å². The van der Waals surface area contributed by atoms with E-state index in [1.807, 2.05) is 13.8 Å². The maximum absolute atomic E-state index is 11.7. The number of nitro groups is 1. The predicted molar refractivity (Wildman–Crippen MR) is 78.9 cm³/mol. The van der Waals surface area contributed by atoms with E-state index in [1.54, 1.807) is 4.90 Å². The zero-order valence-electron chi connectivity index (χ0n) is 12.3. The highest BCUT2D eigenvalue weighted by atomic mass is 16.6. The summed E-state index contributed by atoms with van der Waals surface area (Å²) in [6.07, 6.45) is -0.810. The van der Waals surface area contributed by atoms with E-state index in [9.17, 15) is 20.0 Å². The first-order valence-corrected chi connectivity index (χ1v) is 6.90. The SMILES string of the molecule is CCN(CC)C(=O)CNCC(O)c1ccc([N+](=O)[O-])cc1. The third-order valence-electron chi connectivity index (χ3n) is 3.22. The van der Waals surface area contributed by atoms with Crippen LogP contribution in [0.1, 0.15) is 25.5 Å².